The van der Waals surface area contributed by atoms with Crippen LogP contribution in [-0.4, -0.2) is 9.55 Å². The summed E-state index contributed by atoms with van der Waals surface area (Å²) < 4.78 is 2.32. The molecule has 3 aromatic rings. The maximum Gasteiger partial charge on any atom is 0.106 e. The molecule has 1 heterocycles. The largest absolute Gasteiger partial charge is 0.399 e. The number of nitrogens with zero attached hydrogens (tertiary/aromatic N) is 2. The smallest absolute Gasteiger partial charge is 0.106 e. The number of anilines is 1. The second-order valence-corrected chi connectivity index (χ2v) is 5.65. The lowest BCUT2D eigenvalue weighted by Gasteiger charge is -2.16. The fraction of sp³-hybridized carbons (Fsp3) is 0.278. The zero-order valence-corrected chi connectivity index (χ0v) is 12.6. The van der Waals surface area contributed by atoms with Crippen molar-refractivity contribution in [1.82, 2.24) is 9.55 Å². The minimum atomic E-state index is 0.416. The van der Waals surface area contributed by atoms with Crippen molar-refractivity contribution in [3.05, 3.63) is 59.9 Å². The Labute approximate surface area is 125 Å². The highest BCUT2D eigenvalue weighted by molar-refractivity contribution is 5.79. The minimum Gasteiger partial charge on any atom is -0.399 e. The molecule has 3 nitrogen and oxygen atoms in total. The molecule has 0 bridgehead atoms. The molecule has 21 heavy (non-hydrogen) atoms. The fourth-order valence-corrected chi connectivity index (χ4v) is 2.94. The maximum atomic E-state index is 5.84. The van der Waals surface area contributed by atoms with Crippen LogP contribution < -0.4 is 5.73 Å². The monoisotopic (exact) mass is 279 g/mol. The molecule has 0 fully saturated rings. The molecule has 1 unspecified atom stereocenters. The van der Waals surface area contributed by atoms with Crippen molar-refractivity contribution < 1.29 is 0 Å². The molecule has 108 valence electrons. The molecule has 2 aromatic carbocycles. The highest BCUT2D eigenvalue weighted by atomic mass is 15.1. The van der Waals surface area contributed by atoms with E-state index in [1.54, 1.807) is 0 Å². The first kappa shape index (κ1) is 13.7. The van der Waals surface area contributed by atoms with Crippen molar-refractivity contribution in [2.45, 2.75) is 32.7 Å². The quantitative estimate of drug-likeness (QED) is 0.730. The molecule has 0 spiro atoms. The Morgan fingerprint density at radius 1 is 1.14 bits per heavy atom. The van der Waals surface area contributed by atoms with Crippen LogP contribution in [0.25, 0.3) is 11.0 Å². The van der Waals surface area contributed by atoms with Gasteiger partial charge in [0.05, 0.1) is 11.0 Å². The molecule has 2 N–H and O–H groups in total. The summed E-state index contributed by atoms with van der Waals surface area (Å²) in [7, 11) is 0. The standard InChI is InChI=1S/C18H21N3/c1-13(8-9-15-6-4-3-5-7-15)21-14(2)20-17-12-16(19)10-11-18(17)21/h3-7,10-13H,8-9,19H2,1-2H3. The first-order valence-electron chi connectivity index (χ1n) is 7.43. The summed E-state index contributed by atoms with van der Waals surface area (Å²) in [4.78, 5) is 4.63. The number of benzene rings is 2. The molecule has 1 aromatic heterocycles. The third-order valence-corrected chi connectivity index (χ3v) is 4.02. The van der Waals surface area contributed by atoms with Crippen LogP contribution in [0.15, 0.2) is 48.5 Å². The van der Waals surface area contributed by atoms with Crippen LogP contribution in [0, 0.1) is 6.92 Å². The van der Waals surface area contributed by atoms with Gasteiger partial charge in [0.1, 0.15) is 5.82 Å². The second kappa shape index (κ2) is 5.60. The van der Waals surface area contributed by atoms with Crippen LogP contribution >= 0.6 is 0 Å². The molecule has 1 atom stereocenters. The zero-order chi connectivity index (χ0) is 14.8. The number of hydrogen-bond acceptors (Lipinski definition) is 2. The average Bonchev–Trinajstić information content (AvgIpc) is 2.81. The summed E-state index contributed by atoms with van der Waals surface area (Å²) in [6.07, 6.45) is 2.18. The summed E-state index contributed by atoms with van der Waals surface area (Å²) in [5.74, 6) is 1.05. The van der Waals surface area contributed by atoms with E-state index in [9.17, 15) is 0 Å². The van der Waals surface area contributed by atoms with Crippen molar-refractivity contribution in [3.63, 3.8) is 0 Å². The van der Waals surface area contributed by atoms with Crippen LogP contribution in [0.3, 0.4) is 0 Å². The van der Waals surface area contributed by atoms with E-state index in [0.717, 1.165) is 29.9 Å². The number of rotatable bonds is 4. The van der Waals surface area contributed by atoms with Gasteiger partial charge in [-0.2, -0.15) is 0 Å². The summed E-state index contributed by atoms with van der Waals surface area (Å²) in [5, 5.41) is 0. The summed E-state index contributed by atoms with van der Waals surface area (Å²) in [6.45, 7) is 4.32. The topological polar surface area (TPSA) is 43.8 Å². The molecule has 0 aliphatic rings. The molecule has 0 amide bonds. The summed E-state index contributed by atoms with van der Waals surface area (Å²) in [5.41, 5.74) is 10.2. The lowest BCUT2D eigenvalue weighted by Crippen LogP contribution is -2.08. The number of fused-ring (bicyclic) bond motifs is 1. The first-order chi connectivity index (χ1) is 10.1. The first-order valence-corrected chi connectivity index (χ1v) is 7.43. The van der Waals surface area contributed by atoms with Crippen LogP contribution in [0.4, 0.5) is 5.69 Å². The van der Waals surface area contributed by atoms with Gasteiger partial charge in [-0.15, -0.1) is 0 Å². The molecular formula is C18H21N3. The number of nitrogens with two attached hydrogens (primary N) is 1. The normalized spacial score (nSPS) is 12.7. The Morgan fingerprint density at radius 3 is 2.67 bits per heavy atom. The van der Waals surface area contributed by atoms with Crippen LogP contribution in [0.2, 0.25) is 0 Å². The van der Waals surface area contributed by atoms with Gasteiger partial charge in [0.2, 0.25) is 0 Å². The minimum absolute atomic E-state index is 0.416. The van der Waals surface area contributed by atoms with Gasteiger partial charge in [0.15, 0.2) is 0 Å². The van der Waals surface area contributed by atoms with E-state index in [0.29, 0.717) is 6.04 Å². The summed E-state index contributed by atoms with van der Waals surface area (Å²) >= 11 is 0. The lowest BCUT2D eigenvalue weighted by atomic mass is 10.1. The number of hydrogen-bond donors (Lipinski definition) is 1. The lowest BCUT2D eigenvalue weighted by molar-refractivity contribution is 0.508. The van der Waals surface area contributed by atoms with Crippen molar-refractivity contribution >= 4 is 16.7 Å². The van der Waals surface area contributed by atoms with Gasteiger partial charge < -0.3 is 10.3 Å². The van der Waals surface area contributed by atoms with Crippen LogP contribution in [0.1, 0.15) is 30.8 Å². The van der Waals surface area contributed by atoms with E-state index in [-0.39, 0.29) is 0 Å². The highest BCUT2D eigenvalue weighted by Crippen LogP contribution is 2.25. The third kappa shape index (κ3) is 2.77. The van der Waals surface area contributed by atoms with E-state index >= 15 is 0 Å². The van der Waals surface area contributed by atoms with Gasteiger partial charge in [0, 0.05) is 11.7 Å². The molecule has 0 saturated heterocycles. The number of aryl methyl sites for hydroxylation is 2. The SMILES string of the molecule is Cc1nc2cc(N)ccc2n1C(C)CCc1ccccc1. The van der Waals surface area contributed by atoms with Crippen LogP contribution in [-0.2, 0) is 6.42 Å². The molecular weight excluding hydrogens is 258 g/mol. The van der Waals surface area contributed by atoms with Crippen molar-refractivity contribution in [2.24, 2.45) is 0 Å². The Bertz CT molecular complexity index is 744. The van der Waals surface area contributed by atoms with Gasteiger partial charge in [-0.25, -0.2) is 4.98 Å². The van der Waals surface area contributed by atoms with E-state index < -0.39 is 0 Å². The van der Waals surface area contributed by atoms with Gasteiger partial charge in [-0.05, 0) is 50.5 Å². The number of aromatic nitrogens is 2. The molecule has 3 heteroatoms. The van der Waals surface area contributed by atoms with Crippen molar-refractivity contribution in [1.29, 1.82) is 0 Å². The molecule has 0 aliphatic heterocycles. The van der Waals surface area contributed by atoms with Gasteiger partial charge in [-0.1, -0.05) is 30.3 Å². The average molecular weight is 279 g/mol. The fourth-order valence-electron chi connectivity index (χ4n) is 2.94. The van der Waals surface area contributed by atoms with E-state index in [1.165, 1.54) is 11.1 Å². The van der Waals surface area contributed by atoms with Gasteiger partial charge >= 0.3 is 0 Å². The van der Waals surface area contributed by atoms with Gasteiger partial charge in [0.25, 0.3) is 0 Å². The molecule has 0 radical (unpaired) electrons. The van der Waals surface area contributed by atoms with Gasteiger partial charge in [-0.3, -0.25) is 0 Å². The Kier molecular flexibility index (Phi) is 3.65. The highest BCUT2D eigenvalue weighted by Gasteiger charge is 2.13. The van der Waals surface area contributed by atoms with Crippen LogP contribution in [0.5, 0.6) is 0 Å². The number of imidazole rings is 1. The molecule has 0 aliphatic carbocycles. The Hall–Kier alpha value is -2.29. The van der Waals surface area contributed by atoms with Crippen molar-refractivity contribution in [3.8, 4) is 0 Å². The third-order valence-electron chi connectivity index (χ3n) is 4.02. The predicted octanol–water partition coefficient (Wildman–Crippen LogP) is 4.12. The Balaban J connectivity index is 1.84. The molecule has 3 rings (SSSR count). The second-order valence-electron chi connectivity index (χ2n) is 5.65. The molecule has 0 saturated carbocycles. The Morgan fingerprint density at radius 2 is 1.90 bits per heavy atom. The van der Waals surface area contributed by atoms with Crippen molar-refractivity contribution in [2.75, 3.05) is 5.73 Å². The van der Waals surface area contributed by atoms with E-state index in [2.05, 4.69) is 59.8 Å². The number of nitrogen functional groups attached to an aromatic ring is 1. The van der Waals surface area contributed by atoms with E-state index in [1.807, 2.05) is 12.1 Å². The predicted molar refractivity (Wildman–Crippen MR) is 88.4 cm³/mol. The maximum absolute atomic E-state index is 5.84. The zero-order valence-electron chi connectivity index (χ0n) is 12.6. The summed E-state index contributed by atoms with van der Waals surface area (Å²) in [6, 6.07) is 17.0. The van der Waals surface area contributed by atoms with E-state index in [4.69, 9.17) is 5.73 Å².